The van der Waals surface area contributed by atoms with Crippen LogP contribution in [0.15, 0.2) is 28.8 Å². The molecule has 2 unspecified atom stereocenters. The van der Waals surface area contributed by atoms with Crippen LogP contribution in [-0.2, 0) is 15.0 Å². The number of hydrogen-bond donors (Lipinski definition) is 1. The maximum atomic E-state index is 11.7. The Morgan fingerprint density at radius 3 is 2.84 bits per heavy atom. The van der Waals surface area contributed by atoms with Gasteiger partial charge in [0.15, 0.2) is 0 Å². The Labute approximate surface area is 146 Å². The molecule has 0 bridgehead atoms. The number of aromatic nitrogens is 2. The van der Waals surface area contributed by atoms with Crippen molar-refractivity contribution in [3.63, 3.8) is 0 Å². The number of nitrogens with two attached hydrogens (primary N) is 1. The summed E-state index contributed by atoms with van der Waals surface area (Å²) in [6, 6.07) is 6.88. The lowest BCUT2D eigenvalue weighted by molar-refractivity contribution is -0.162. The summed E-state index contributed by atoms with van der Waals surface area (Å²) in [7, 11) is 1.34. The van der Waals surface area contributed by atoms with E-state index in [1.165, 1.54) is 7.11 Å². The topological polar surface area (TPSA) is 100 Å². The summed E-state index contributed by atoms with van der Waals surface area (Å²) in [5, 5.41) is 4.04. The van der Waals surface area contributed by atoms with Gasteiger partial charge in [0.2, 0.25) is 11.7 Å². The molecule has 0 radical (unpaired) electrons. The van der Waals surface area contributed by atoms with Crippen LogP contribution in [0.5, 0.6) is 0 Å². The largest absolute Gasteiger partial charge is 0.465 e. The number of esters is 1. The monoisotopic (exact) mass is 345 g/mol. The van der Waals surface area contributed by atoms with Gasteiger partial charge in [-0.05, 0) is 19.1 Å². The molecule has 1 aromatic carbocycles. The SMILES string of the molecule is CCOC1CC(N)(c2nc(-c3cccc(C(=O)OC)c3)no2)C1(C)C. The molecule has 25 heavy (non-hydrogen) atoms. The molecule has 0 amide bonds. The van der Waals surface area contributed by atoms with Crippen molar-refractivity contribution in [3.8, 4) is 11.4 Å². The molecule has 1 aromatic heterocycles. The quantitative estimate of drug-likeness (QED) is 0.831. The summed E-state index contributed by atoms with van der Waals surface area (Å²) >= 11 is 0. The highest BCUT2D eigenvalue weighted by Crippen LogP contribution is 2.55. The van der Waals surface area contributed by atoms with Gasteiger partial charge in [0.05, 0.1) is 18.8 Å². The van der Waals surface area contributed by atoms with Gasteiger partial charge >= 0.3 is 5.97 Å². The number of hydrogen-bond acceptors (Lipinski definition) is 7. The summed E-state index contributed by atoms with van der Waals surface area (Å²) in [6.45, 7) is 6.68. The number of methoxy groups -OCH3 is 1. The molecule has 1 heterocycles. The molecule has 2 N–H and O–H groups in total. The summed E-state index contributed by atoms with van der Waals surface area (Å²) in [5.41, 5.74) is 6.60. The second kappa shape index (κ2) is 6.24. The minimum Gasteiger partial charge on any atom is -0.465 e. The van der Waals surface area contributed by atoms with Gasteiger partial charge < -0.3 is 19.7 Å². The number of carbonyl (C=O) groups excluding carboxylic acids is 1. The van der Waals surface area contributed by atoms with Crippen LogP contribution < -0.4 is 5.73 Å². The maximum Gasteiger partial charge on any atom is 0.337 e. The lowest BCUT2D eigenvalue weighted by Gasteiger charge is -2.56. The highest BCUT2D eigenvalue weighted by atomic mass is 16.5. The van der Waals surface area contributed by atoms with Crippen LogP contribution in [0.1, 0.15) is 43.4 Å². The van der Waals surface area contributed by atoms with Crippen molar-refractivity contribution in [2.45, 2.75) is 38.8 Å². The van der Waals surface area contributed by atoms with E-state index in [-0.39, 0.29) is 11.5 Å². The minimum absolute atomic E-state index is 0.0560. The molecule has 0 saturated heterocycles. The van der Waals surface area contributed by atoms with Crippen molar-refractivity contribution >= 4 is 5.97 Å². The second-order valence-electron chi connectivity index (χ2n) is 6.84. The number of carbonyl (C=O) groups is 1. The minimum atomic E-state index is -0.738. The van der Waals surface area contributed by atoms with E-state index in [9.17, 15) is 4.79 Å². The van der Waals surface area contributed by atoms with Crippen molar-refractivity contribution in [2.75, 3.05) is 13.7 Å². The molecule has 1 aliphatic carbocycles. The summed E-state index contributed by atoms with van der Waals surface area (Å²) in [6.07, 6.45) is 0.679. The smallest absolute Gasteiger partial charge is 0.337 e. The molecule has 2 atom stereocenters. The molecule has 3 rings (SSSR count). The number of rotatable bonds is 5. The Hall–Kier alpha value is -2.25. The van der Waals surface area contributed by atoms with Crippen LogP contribution in [0.3, 0.4) is 0 Å². The van der Waals surface area contributed by atoms with E-state index >= 15 is 0 Å². The van der Waals surface area contributed by atoms with Crippen molar-refractivity contribution in [2.24, 2.45) is 11.1 Å². The van der Waals surface area contributed by atoms with Gasteiger partial charge in [-0.3, -0.25) is 0 Å². The Kier molecular flexibility index (Phi) is 4.38. The molecule has 134 valence electrons. The van der Waals surface area contributed by atoms with Crippen LogP contribution in [0, 0.1) is 5.41 Å². The zero-order valence-corrected chi connectivity index (χ0v) is 14.9. The predicted molar refractivity (Wildman–Crippen MR) is 90.8 cm³/mol. The predicted octanol–water partition coefficient (Wildman–Crippen LogP) is 2.51. The molecule has 0 spiro atoms. The third kappa shape index (κ3) is 2.73. The molecule has 7 heteroatoms. The Bertz CT molecular complexity index is 786. The Morgan fingerprint density at radius 2 is 2.20 bits per heavy atom. The molecule has 1 saturated carbocycles. The van der Waals surface area contributed by atoms with Gasteiger partial charge in [0, 0.05) is 24.0 Å². The van der Waals surface area contributed by atoms with Crippen molar-refractivity contribution in [1.82, 2.24) is 10.1 Å². The molecular formula is C18H23N3O4. The van der Waals surface area contributed by atoms with Gasteiger partial charge in [0.25, 0.3) is 0 Å². The standard InChI is InChI=1S/C18H23N3O4/c1-5-24-13-10-18(19,17(13,2)3)16-20-14(21-25-16)11-7-6-8-12(9-11)15(22)23-4/h6-9,13H,5,10,19H2,1-4H3. The van der Waals surface area contributed by atoms with Gasteiger partial charge in [-0.15, -0.1) is 0 Å². The number of benzene rings is 1. The van der Waals surface area contributed by atoms with Gasteiger partial charge in [-0.1, -0.05) is 31.1 Å². The molecular weight excluding hydrogens is 322 g/mol. The van der Waals surface area contributed by atoms with Gasteiger partial charge in [0.1, 0.15) is 5.54 Å². The van der Waals surface area contributed by atoms with E-state index < -0.39 is 11.5 Å². The van der Waals surface area contributed by atoms with E-state index in [0.29, 0.717) is 35.9 Å². The van der Waals surface area contributed by atoms with E-state index in [0.717, 1.165) is 0 Å². The van der Waals surface area contributed by atoms with Crippen LogP contribution in [0.4, 0.5) is 0 Å². The number of ether oxygens (including phenoxy) is 2. The molecule has 0 aliphatic heterocycles. The van der Waals surface area contributed by atoms with Crippen molar-refractivity contribution in [3.05, 3.63) is 35.7 Å². The summed E-state index contributed by atoms with van der Waals surface area (Å²) < 4.78 is 15.9. The lowest BCUT2D eigenvalue weighted by atomic mass is 9.54. The molecule has 7 nitrogen and oxygen atoms in total. The first kappa shape index (κ1) is 17.6. The highest BCUT2D eigenvalue weighted by Gasteiger charge is 2.62. The first-order chi connectivity index (χ1) is 11.8. The van der Waals surface area contributed by atoms with Gasteiger partial charge in [-0.25, -0.2) is 4.79 Å². The molecule has 2 aromatic rings. The fourth-order valence-corrected chi connectivity index (χ4v) is 3.22. The van der Waals surface area contributed by atoms with E-state index in [1.54, 1.807) is 24.3 Å². The highest BCUT2D eigenvalue weighted by molar-refractivity contribution is 5.90. The second-order valence-corrected chi connectivity index (χ2v) is 6.84. The fraction of sp³-hybridized carbons (Fsp3) is 0.500. The maximum absolute atomic E-state index is 11.7. The van der Waals surface area contributed by atoms with Crippen molar-refractivity contribution in [1.29, 1.82) is 0 Å². The summed E-state index contributed by atoms with van der Waals surface area (Å²) in [5.74, 6) is 0.355. The molecule has 1 fully saturated rings. The third-order valence-electron chi connectivity index (χ3n) is 5.18. The van der Waals surface area contributed by atoms with Crippen LogP contribution in [-0.4, -0.2) is 35.9 Å². The average Bonchev–Trinajstić information content (AvgIpc) is 3.11. The number of nitrogens with zero attached hydrogens (tertiary/aromatic N) is 2. The van der Waals surface area contributed by atoms with Gasteiger partial charge in [-0.2, -0.15) is 4.98 Å². The Morgan fingerprint density at radius 1 is 1.44 bits per heavy atom. The van der Waals surface area contributed by atoms with Crippen LogP contribution in [0.2, 0.25) is 0 Å². The van der Waals surface area contributed by atoms with Crippen LogP contribution in [0.25, 0.3) is 11.4 Å². The molecule has 1 aliphatic rings. The normalized spacial score (nSPS) is 24.6. The van der Waals surface area contributed by atoms with E-state index in [1.807, 2.05) is 20.8 Å². The third-order valence-corrected chi connectivity index (χ3v) is 5.18. The average molecular weight is 345 g/mol. The lowest BCUT2D eigenvalue weighted by Crippen LogP contribution is -2.67. The van der Waals surface area contributed by atoms with Crippen molar-refractivity contribution < 1.29 is 18.8 Å². The van der Waals surface area contributed by atoms with Crippen LogP contribution >= 0.6 is 0 Å². The first-order valence-electron chi connectivity index (χ1n) is 8.27. The zero-order valence-electron chi connectivity index (χ0n) is 14.9. The Balaban J connectivity index is 1.88. The first-order valence-corrected chi connectivity index (χ1v) is 8.27. The zero-order chi connectivity index (χ0) is 18.2. The van der Waals surface area contributed by atoms with E-state index in [2.05, 4.69) is 10.1 Å². The fourth-order valence-electron chi connectivity index (χ4n) is 3.22. The summed E-state index contributed by atoms with van der Waals surface area (Å²) in [4.78, 5) is 16.2. The van der Waals surface area contributed by atoms with E-state index in [4.69, 9.17) is 19.7 Å².